The van der Waals surface area contributed by atoms with Gasteiger partial charge < -0.3 is 14.9 Å². The second-order valence-corrected chi connectivity index (χ2v) is 8.82. The SMILES string of the molecule is CC1(C(=O)O)CCN(C(=O)C2CC3CCCCC3N2C(=O)c2ccccc2)C1. The predicted molar refractivity (Wildman–Crippen MR) is 104 cm³/mol. The first-order chi connectivity index (χ1) is 13.4. The smallest absolute Gasteiger partial charge is 0.311 e. The monoisotopic (exact) mass is 384 g/mol. The summed E-state index contributed by atoms with van der Waals surface area (Å²) < 4.78 is 0. The fourth-order valence-electron chi connectivity index (χ4n) is 5.24. The third kappa shape index (κ3) is 3.19. The molecule has 150 valence electrons. The molecule has 0 spiro atoms. The van der Waals surface area contributed by atoms with Gasteiger partial charge in [-0.15, -0.1) is 0 Å². The standard InChI is InChI=1S/C22H28N2O4/c1-22(21(27)28)11-12-23(14-22)20(26)18-13-16-9-5-6-10-17(16)24(18)19(25)15-7-3-2-4-8-15/h2-4,7-8,16-18H,5-6,9-14H2,1H3,(H,27,28). The molecule has 6 nitrogen and oxygen atoms in total. The Hall–Kier alpha value is -2.37. The first-order valence-corrected chi connectivity index (χ1v) is 10.3. The van der Waals surface area contributed by atoms with Crippen molar-refractivity contribution in [2.45, 2.75) is 57.5 Å². The van der Waals surface area contributed by atoms with Crippen molar-refractivity contribution in [3.8, 4) is 0 Å². The number of benzene rings is 1. The summed E-state index contributed by atoms with van der Waals surface area (Å²) in [7, 11) is 0. The van der Waals surface area contributed by atoms with Crippen LogP contribution in [0.2, 0.25) is 0 Å². The van der Waals surface area contributed by atoms with E-state index in [1.807, 2.05) is 23.1 Å². The maximum absolute atomic E-state index is 13.4. The lowest BCUT2D eigenvalue weighted by molar-refractivity contribution is -0.147. The molecule has 3 fully saturated rings. The van der Waals surface area contributed by atoms with E-state index >= 15 is 0 Å². The average molecular weight is 384 g/mol. The van der Waals surface area contributed by atoms with Gasteiger partial charge in [0.05, 0.1) is 5.41 Å². The number of carbonyl (C=O) groups is 3. The molecule has 4 atom stereocenters. The Kier molecular flexibility index (Phi) is 4.89. The average Bonchev–Trinajstić information content (AvgIpc) is 3.29. The molecule has 0 radical (unpaired) electrons. The number of rotatable bonds is 3. The van der Waals surface area contributed by atoms with Crippen LogP contribution in [0.25, 0.3) is 0 Å². The molecule has 1 aromatic carbocycles. The van der Waals surface area contributed by atoms with Crippen LogP contribution in [-0.4, -0.2) is 57.9 Å². The zero-order valence-corrected chi connectivity index (χ0v) is 16.3. The number of hydrogen-bond donors (Lipinski definition) is 1. The minimum atomic E-state index is -0.894. The van der Waals surface area contributed by atoms with Gasteiger partial charge in [0, 0.05) is 24.7 Å². The molecule has 4 unspecified atom stereocenters. The number of carbonyl (C=O) groups excluding carboxylic acids is 2. The highest BCUT2D eigenvalue weighted by Gasteiger charge is 2.51. The van der Waals surface area contributed by atoms with Crippen LogP contribution in [0.4, 0.5) is 0 Å². The highest BCUT2D eigenvalue weighted by atomic mass is 16.4. The summed E-state index contributed by atoms with van der Waals surface area (Å²) in [6, 6.07) is 8.81. The first kappa shape index (κ1) is 19.0. The quantitative estimate of drug-likeness (QED) is 0.869. The molecule has 6 heteroatoms. The van der Waals surface area contributed by atoms with Crippen molar-refractivity contribution in [2.24, 2.45) is 11.3 Å². The highest BCUT2D eigenvalue weighted by molar-refractivity contribution is 5.98. The van der Waals surface area contributed by atoms with E-state index in [0.29, 0.717) is 30.9 Å². The summed E-state index contributed by atoms with van der Waals surface area (Å²) in [5, 5.41) is 9.49. The van der Waals surface area contributed by atoms with Crippen molar-refractivity contribution >= 4 is 17.8 Å². The Labute approximate surface area is 165 Å². The summed E-state index contributed by atoms with van der Waals surface area (Å²) >= 11 is 0. The Morgan fingerprint density at radius 1 is 1.11 bits per heavy atom. The first-order valence-electron chi connectivity index (χ1n) is 10.3. The van der Waals surface area contributed by atoms with E-state index in [1.54, 1.807) is 24.0 Å². The van der Waals surface area contributed by atoms with Crippen LogP contribution < -0.4 is 0 Å². The highest BCUT2D eigenvalue weighted by Crippen LogP contribution is 2.42. The van der Waals surface area contributed by atoms with E-state index in [9.17, 15) is 19.5 Å². The Balaban J connectivity index is 1.60. The molecule has 2 amide bonds. The van der Waals surface area contributed by atoms with Gasteiger partial charge in [-0.25, -0.2) is 0 Å². The number of fused-ring (bicyclic) bond motifs is 1. The zero-order valence-electron chi connectivity index (χ0n) is 16.3. The van der Waals surface area contributed by atoms with Crippen LogP contribution in [0, 0.1) is 11.3 Å². The molecule has 1 N–H and O–H groups in total. The van der Waals surface area contributed by atoms with Crippen LogP contribution in [-0.2, 0) is 9.59 Å². The molecule has 4 rings (SSSR count). The van der Waals surface area contributed by atoms with E-state index in [2.05, 4.69) is 0 Å². The molecule has 2 heterocycles. The van der Waals surface area contributed by atoms with Gasteiger partial charge in [0.1, 0.15) is 6.04 Å². The van der Waals surface area contributed by atoms with Crippen LogP contribution in [0.5, 0.6) is 0 Å². The lowest BCUT2D eigenvalue weighted by atomic mass is 9.84. The molecular formula is C22H28N2O4. The molecule has 0 bridgehead atoms. The second-order valence-electron chi connectivity index (χ2n) is 8.82. The van der Waals surface area contributed by atoms with Crippen molar-refractivity contribution < 1.29 is 19.5 Å². The molecule has 1 aliphatic carbocycles. The number of likely N-dealkylation sites (tertiary alicyclic amines) is 2. The van der Waals surface area contributed by atoms with Crippen molar-refractivity contribution in [2.75, 3.05) is 13.1 Å². The van der Waals surface area contributed by atoms with Gasteiger partial charge in [-0.1, -0.05) is 31.0 Å². The lowest BCUT2D eigenvalue weighted by Crippen LogP contribution is -2.50. The van der Waals surface area contributed by atoms with E-state index < -0.39 is 17.4 Å². The minimum absolute atomic E-state index is 0.0754. The van der Waals surface area contributed by atoms with E-state index in [0.717, 1.165) is 25.7 Å². The van der Waals surface area contributed by atoms with E-state index in [-0.39, 0.29) is 24.4 Å². The molecule has 1 saturated carbocycles. The van der Waals surface area contributed by atoms with E-state index in [1.165, 1.54) is 0 Å². The molecule has 2 saturated heterocycles. The van der Waals surface area contributed by atoms with Crippen LogP contribution in [0.1, 0.15) is 55.8 Å². The maximum Gasteiger partial charge on any atom is 0.311 e. The number of nitrogens with zero attached hydrogens (tertiary/aromatic N) is 2. The summed E-state index contributed by atoms with van der Waals surface area (Å²) in [6.07, 6.45) is 5.39. The van der Waals surface area contributed by atoms with Crippen molar-refractivity contribution in [3.05, 3.63) is 35.9 Å². The number of carboxylic acid groups (broad SMARTS) is 1. The van der Waals surface area contributed by atoms with Gasteiger partial charge >= 0.3 is 5.97 Å². The molecule has 28 heavy (non-hydrogen) atoms. The topological polar surface area (TPSA) is 77.9 Å². The summed E-state index contributed by atoms with van der Waals surface area (Å²) in [5.41, 5.74) is -0.279. The number of carboxylic acids is 1. The largest absolute Gasteiger partial charge is 0.481 e. The van der Waals surface area contributed by atoms with Crippen molar-refractivity contribution in [1.82, 2.24) is 9.80 Å². The fourth-order valence-corrected chi connectivity index (χ4v) is 5.24. The van der Waals surface area contributed by atoms with Gasteiger partial charge in [-0.05, 0) is 50.7 Å². The molecule has 1 aromatic rings. The van der Waals surface area contributed by atoms with Gasteiger partial charge in [-0.3, -0.25) is 14.4 Å². The van der Waals surface area contributed by atoms with E-state index in [4.69, 9.17) is 0 Å². The van der Waals surface area contributed by atoms with Gasteiger partial charge in [0.25, 0.3) is 5.91 Å². The number of aliphatic carboxylic acids is 1. The molecule has 2 aliphatic heterocycles. The second kappa shape index (κ2) is 7.22. The normalized spacial score (nSPS) is 32.2. The molecular weight excluding hydrogens is 356 g/mol. The Bertz CT molecular complexity index is 780. The zero-order chi connectivity index (χ0) is 19.9. The number of amides is 2. The van der Waals surface area contributed by atoms with Crippen molar-refractivity contribution in [1.29, 1.82) is 0 Å². The molecule has 0 aromatic heterocycles. The lowest BCUT2D eigenvalue weighted by Gasteiger charge is -2.35. The summed E-state index contributed by atoms with van der Waals surface area (Å²) in [5.74, 6) is -0.652. The summed E-state index contributed by atoms with van der Waals surface area (Å²) in [6.45, 7) is 2.37. The van der Waals surface area contributed by atoms with Gasteiger partial charge in [0.15, 0.2) is 0 Å². The Morgan fingerprint density at radius 2 is 1.82 bits per heavy atom. The van der Waals surface area contributed by atoms with Crippen molar-refractivity contribution in [3.63, 3.8) is 0 Å². The van der Waals surface area contributed by atoms with Gasteiger partial charge in [0.2, 0.25) is 5.91 Å². The predicted octanol–water partition coefficient (Wildman–Crippen LogP) is 2.78. The minimum Gasteiger partial charge on any atom is -0.481 e. The van der Waals surface area contributed by atoms with Crippen LogP contribution >= 0.6 is 0 Å². The fraction of sp³-hybridized carbons (Fsp3) is 0.591. The van der Waals surface area contributed by atoms with Crippen LogP contribution in [0.15, 0.2) is 30.3 Å². The third-order valence-electron chi connectivity index (χ3n) is 6.93. The number of hydrogen-bond acceptors (Lipinski definition) is 3. The molecule has 3 aliphatic rings. The third-order valence-corrected chi connectivity index (χ3v) is 6.93. The Morgan fingerprint density at radius 3 is 2.50 bits per heavy atom. The van der Waals surface area contributed by atoms with Gasteiger partial charge in [-0.2, -0.15) is 0 Å². The maximum atomic E-state index is 13.4. The van der Waals surface area contributed by atoms with Crippen LogP contribution in [0.3, 0.4) is 0 Å². The summed E-state index contributed by atoms with van der Waals surface area (Å²) in [4.78, 5) is 41.8.